The zero-order chi connectivity index (χ0) is 22.7. The number of aryl methyl sites for hydroxylation is 1. The molecule has 9 heteroatoms. The first-order valence-corrected chi connectivity index (χ1v) is 11.5. The van der Waals surface area contributed by atoms with Crippen LogP contribution in [0.15, 0.2) is 35.4 Å². The van der Waals surface area contributed by atoms with Crippen LogP contribution in [0.5, 0.6) is 5.75 Å². The molecule has 2 amide bonds. The van der Waals surface area contributed by atoms with E-state index in [-0.39, 0.29) is 23.9 Å². The molecule has 32 heavy (non-hydrogen) atoms. The number of ether oxygens (including phenoxy) is 1. The number of nitrogens with one attached hydrogen (secondary N) is 1. The Labute approximate surface area is 189 Å². The van der Waals surface area contributed by atoms with Gasteiger partial charge in [-0.1, -0.05) is 25.0 Å². The largest absolute Gasteiger partial charge is 0.495 e. The summed E-state index contributed by atoms with van der Waals surface area (Å²) in [7, 11) is 1.52. The molecule has 2 aromatic heterocycles. The smallest absolute Gasteiger partial charge is 0.264 e. The SMILES string of the molecule is COc1ccccc1NC(=O)Cn1cnc2sc(C(=O)N3CCCCCC3)c(C)c2c1=O. The number of anilines is 1. The van der Waals surface area contributed by atoms with Crippen molar-refractivity contribution in [2.24, 2.45) is 0 Å². The second kappa shape index (κ2) is 9.52. The zero-order valence-corrected chi connectivity index (χ0v) is 19.0. The molecule has 1 aliphatic rings. The molecule has 1 aliphatic heterocycles. The van der Waals surface area contributed by atoms with E-state index in [0.29, 0.717) is 32.1 Å². The van der Waals surface area contributed by atoms with Gasteiger partial charge in [0.25, 0.3) is 11.5 Å². The number of rotatable bonds is 5. The summed E-state index contributed by atoms with van der Waals surface area (Å²) in [6.07, 6.45) is 5.64. The molecule has 1 saturated heterocycles. The van der Waals surface area contributed by atoms with Crippen molar-refractivity contribution >= 4 is 39.1 Å². The monoisotopic (exact) mass is 454 g/mol. The zero-order valence-electron chi connectivity index (χ0n) is 18.2. The average Bonchev–Trinajstić information content (AvgIpc) is 2.95. The van der Waals surface area contributed by atoms with Gasteiger partial charge >= 0.3 is 0 Å². The van der Waals surface area contributed by atoms with E-state index in [1.165, 1.54) is 29.3 Å². The van der Waals surface area contributed by atoms with Gasteiger partial charge in [-0.15, -0.1) is 11.3 Å². The number of methoxy groups -OCH3 is 1. The lowest BCUT2D eigenvalue weighted by atomic mass is 10.2. The van der Waals surface area contributed by atoms with Gasteiger partial charge in [-0.05, 0) is 37.5 Å². The van der Waals surface area contributed by atoms with Crippen LogP contribution in [0, 0.1) is 6.92 Å². The summed E-state index contributed by atoms with van der Waals surface area (Å²) < 4.78 is 6.52. The minimum absolute atomic E-state index is 0.0349. The van der Waals surface area contributed by atoms with Crippen LogP contribution in [-0.4, -0.2) is 46.5 Å². The van der Waals surface area contributed by atoms with Crippen molar-refractivity contribution in [2.75, 3.05) is 25.5 Å². The third kappa shape index (κ3) is 4.38. The third-order valence-electron chi connectivity index (χ3n) is 5.70. The van der Waals surface area contributed by atoms with Crippen molar-refractivity contribution < 1.29 is 14.3 Å². The number of para-hydroxylation sites is 2. The molecule has 4 rings (SSSR count). The fraction of sp³-hybridized carbons (Fsp3) is 0.391. The molecule has 0 aliphatic carbocycles. The van der Waals surface area contributed by atoms with Crippen LogP contribution in [0.4, 0.5) is 5.69 Å². The minimum Gasteiger partial charge on any atom is -0.495 e. The van der Waals surface area contributed by atoms with E-state index < -0.39 is 0 Å². The fourth-order valence-corrected chi connectivity index (χ4v) is 5.09. The lowest BCUT2D eigenvalue weighted by Crippen LogP contribution is -2.31. The minimum atomic E-state index is -0.369. The highest BCUT2D eigenvalue weighted by Crippen LogP contribution is 2.29. The van der Waals surface area contributed by atoms with Gasteiger partial charge < -0.3 is 15.0 Å². The molecule has 1 N–H and O–H groups in total. The molecule has 0 radical (unpaired) electrons. The van der Waals surface area contributed by atoms with Gasteiger partial charge in [-0.2, -0.15) is 0 Å². The van der Waals surface area contributed by atoms with Crippen molar-refractivity contribution in [3.8, 4) is 5.75 Å². The predicted molar refractivity (Wildman–Crippen MR) is 125 cm³/mol. The maximum Gasteiger partial charge on any atom is 0.264 e. The lowest BCUT2D eigenvalue weighted by molar-refractivity contribution is -0.116. The maximum absolute atomic E-state index is 13.1. The van der Waals surface area contributed by atoms with E-state index in [4.69, 9.17) is 4.74 Å². The molecule has 1 fully saturated rings. The number of hydrogen-bond donors (Lipinski definition) is 1. The van der Waals surface area contributed by atoms with Crippen LogP contribution in [-0.2, 0) is 11.3 Å². The van der Waals surface area contributed by atoms with Crippen molar-refractivity contribution in [1.82, 2.24) is 14.5 Å². The van der Waals surface area contributed by atoms with E-state index in [1.807, 2.05) is 4.90 Å². The van der Waals surface area contributed by atoms with Gasteiger partial charge in [0.05, 0.1) is 29.4 Å². The summed E-state index contributed by atoms with van der Waals surface area (Å²) in [5, 5.41) is 3.17. The van der Waals surface area contributed by atoms with E-state index in [1.54, 1.807) is 31.2 Å². The third-order valence-corrected chi connectivity index (χ3v) is 6.89. The molecule has 0 unspecified atom stereocenters. The highest BCUT2D eigenvalue weighted by Gasteiger charge is 2.24. The summed E-state index contributed by atoms with van der Waals surface area (Å²) >= 11 is 1.25. The Morgan fingerprint density at radius 2 is 1.88 bits per heavy atom. The topological polar surface area (TPSA) is 93.5 Å². The number of nitrogens with zero attached hydrogens (tertiary/aromatic N) is 3. The Balaban J connectivity index is 1.58. The number of aromatic nitrogens is 2. The van der Waals surface area contributed by atoms with Crippen LogP contribution >= 0.6 is 11.3 Å². The van der Waals surface area contributed by atoms with Crippen molar-refractivity contribution in [1.29, 1.82) is 0 Å². The summed E-state index contributed by atoms with van der Waals surface area (Å²) in [4.78, 5) is 46.1. The van der Waals surface area contributed by atoms with Crippen LogP contribution in [0.2, 0.25) is 0 Å². The van der Waals surface area contributed by atoms with Crippen LogP contribution in [0.3, 0.4) is 0 Å². The number of likely N-dealkylation sites (tertiary alicyclic amines) is 1. The van der Waals surface area contributed by atoms with Gasteiger partial charge in [0.15, 0.2) is 0 Å². The summed E-state index contributed by atoms with van der Waals surface area (Å²) in [6, 6.07) is 7.06. The summed E-state index contributed by atoms with van der Waals surface area (Å²) in [6.45, 7) is 3.08. The first-order valence-electron chi connectivity index (χ1n) is 10.7. The Morgan fingerprint density at radius 3 is 2.59 bits per heavy atom. The fourth-order valence-electron chi connectivity index (χ4n) is 3.99. The number of benzene rings is 1. The van der Waals surface area contributed by atoms with E-state index in [2.05, 4.69) is 10.3 Å². The number of carbonyl (C=O) groups is 2. The van der Waals surface area contributed by atoms with Gasteiger partial charge in [0.1, 0.15) is 17.1 Å². The van der Waals surface area contributed by atoms with E-state index in [9.17, 15) is 14.4 Å². The Morgan fingerprint density at radius 1 is 1.16 bits per heavy atom. The highest BCUT2D eigenvalue weighted by atomic mass is 32.1. The normalized spacial score (nSPS) is 14.2. The predicted octanol–water partition coefficient (Wildman–Crippen LogP) is 3.43. The van der Waals surface area contributed by atoms with Crippen LogP contribution in [0.1, 0.15) is 40.9 Å². The number of hydrogen-bond acceptors (Lipinski definition) is 6. The molecule has 0 bridgehead atoms. The molecular formula is C23H26N4O4S. The molecular weight excluding hydrogens is 428 g/mol. The lowest BCUT2D eigenvalue weighted by Gasteiger charge is -2.19. The van der Waals surface area contributed by atoms with Gasteiger partial charge in [-0.25, -0.2) is 4.98 Å². The molecule has 168 valence electrons. The number of amides is 2. The first-order chi connectivity index (χ1) is 15.5. The Bertz CT molecular complexity index is 1210. The van der Waals surface area contributed by atoms with Crippen molar-refractivity contribution in [3.63, 3.8) is 0 Å². The van der Waals surface area contributed by atoms with Crippen LogP contribution < -0.4 is 15.6 Å². The highest BCUT2D eigenvalue weighted by molar-refractivity contribution is 7.20. The standard InChI is InChI=1S/C23H26N4O4S/c1-15-19-21(32-20(15)23(30)26-11-7-3-4-8-12-26)24-14-27(22(19)29)13-18(28)25-16-9-5-6-10-17(16)31-2/h5-6,9-10,14H,3-4,7-8,11-13H2,1-2H3,(H,25,28). The van der Waals surface area contributed by atoms with E-state index in [0.717, 1.165) is 38.8 Å². The Hall–Kier alpha value is -3.20. The summed E-state index contributed by atoms with van der Waals surface area (Å²) in [5.41, 5.74) is 0.837. The number of carbonyl (C=O) groups excluding carboxylic acids is 2. The molecule has 3 aromatic rings. The van der Waals surface area contributed by atoms with E-state index >= 15 is 0 Å². The molecule has 0 saturated carbocycles. The van der Waals surface area contributed by atoms with Crippen molar-refractivity contribution in [3.05, 3.63) is 51.4 Å². The second-order valence-corrected chi connectivity index (χ2v) is 8.87. The molecule has 0 spiro atoms. The summed E-state index contributed by atoms with van der Waals surface area (Å²) in [5.74, 6) is 0.130. The van der Waals surface area contributed by atoms with Gasteiger partial charge in [0, 0.05) is 13.1 Å². The van der Waals surface area contributed by atoms with Crippen LogP contribution in [0.25, 0.3) is 10.2 Å². The number of fused-ring (bicyclic) bond motifs is 1. The van der Waals surface area contributed by atoms with Gasteiger partial charge in [0.2, 0.25) is 5.91 Å². The van der Waals surface area contributed by atoms with Gasteiger partial charge in [-0.3, -0.25) is 19.0 Å². The maximum atomic E-state index is 13.1. The molecule has 3 heterocycles. The molecule has 0 atom stereocenters. The quantitative estimate of drug-likeness (QED) is 0.638. The average molecular weight is 455 g/mol. The molecule has 8 nitrogen and oxygen atoms in total. The Kier molecular flexibility index (Phi) is 6.55. The molecule has 1 aromatic carbocycles. The number of thiophene rings is 1. The second-order valence-electron chi connectivity index (χ2n) is 7.87. The first kappa shape index (κ1) is 22.0. The van der Waals surface area contributed by atoms with Crippen molar-refractivity contribution in [2.45, 2.75) is 39.2 Å².